The van der Waals surface area contributed by atoms with Crippen LogP contribution in [-0.4, -0.2) is 91.6 Å². The van der Waals surface area contributed by atoms with Crippen LogP contribution in [0.3, 0.4) is 0 Å². The molecule has 0 bridgehead atoms. The third-order valence-corrected chi connectivity index (χ3v) is 10.2. The predicted molar refractivity (Wildman–Crippen MR) is 195 cm³/mol. The third kappa shape index (κ3) is 6.51. The van der Waals surface area contributed by atoms with Gasteiger partial charge in [0.15, 0.2) is 0 Å². The molecule has 2 fully saturated rings. The maximum Gasteiger partial charge on any atom is 0.242 e. The summed E-state index contributed by atoms with van der Waals surface area (Å²) in [6.45, 7) is 17.2. The molecule has 2 saturated heterocycles. The number of aromatic nitrogens is 2. The minimum Gasteiger partial charge on any atom is -0.497 e. The molecule has 2 aliphatic rings. The number of pyridine rings is 2. The van der Waals surface area contributed by atoms with Gasteiger partial charge in [-0.25, -0.2) is 0 Å². The summed E-state index contributed by atoms with van der Waals surface area (Å²) < 4.78 is 5.70. The van der Waals surface area contributed by atoms with E-state index < -0.39 is 0 Å². The van der Waals surface area contributed by atoms with E-state index in [1.165, 1.54) is 16.7 Å². The molecule has 2 aromatic carbocycles. The topological polar surface area (TPSA) is 82.1 Å². The summed E-state index contributed by atoms with van der Waals surface area (Å²) in [5, 5.41) is 2.24. The van der Waals surface area contributed by atoms with Gasteiger partial charge in [0.2, 0.25) is 11.8 Å². The highest BCUT2D eigenvalue weighted by Gasteiger charge is 2.28. The van der Waals surface area contributed by atoms with E-state index in [1.807, 2.05) is 31.9 Å². The lowest BCUT2D eigenvalue weighted by Crippen LogP contribution is -2.50. The van der Waals surface area contributed by atoms with Crippen LogP contribution in [0, 0.1) is 13.8 Å². The van der Waals surface area contributed by atoms with E-state index in [1.54, 1.807) is 12.0 Å². The quantitative estimate of drug-likeness (QED) is 0.213. The number of ether oxygens (including phenoxy) is 1. The average Bonchev–Trinajstić information content (AvgIpc) is 3.07. The van der Waals surface area contributed by atoms with Gasteiger partial charge in [0.05, 0.1) is 42.6 Å². The Labute approximate surface area is 284 Å². The first-order valence-electron chi connectivity index (χ1n) is 17.4. The molecule has 48 heavy (non-hydrogen) atoms. The van der Waals surface area contributed by atoms with E-state index >= 15 is 0 Å². The SMILES string of the molecule is CCc1cc(N2CCN(C)C(=O)C2)c2nc(C)cc(C(C)CCN3CCN(c4cc(OC)cc5c(C(C)C)cc(C)nc45)CC3=O)c2c1. The van der Waals surface area contributed by atoms with Crippen LogP contribution in [0.25, 0.3) is 21.8 Å². The lowest BCUT2D eigenvalue weighted by molar-refractivity contribution is -0.131. The Bertz CT molecular complexity index is 1870. The maximum absolute atomic E-state index is 13.7. The molecule has 2 aliphatic heterocycles. The molecule has 6 rings (SSSR count). The van der Waals surface area contributed by atoms with Gasteiger partial charge in [-0.05, 0) is 85.5 Å². The van der Waals surface area contributed by atoms with Crippen molar-refractivity contribution in [1.29, 1.82) is 0 Å². The van der Waals surface area contributed by atoms with Crippen molar-refractivity contribution in [2.45, 2.75) is 66.2 Å². The Hall–Kier alpha value is -4.40. The van der Waals surface area contributed by atoms with Crippen LogP contribution < -0.4 is 14.5 Å². The minimum absolute atomic E-state index is 0.132. The van der Waals surface area contributed by atoms with Gasteiger partial charge in [-0.3, -0.25) is 19.6 Å². The highest BCUT2D eigenvalue weighted by atomic mass is 16.5. The lowest BCUT2D eigenvalue weighted by Gasteiger charge is -2.36. The molecule has 1 unspecified atom stereocenters. The van der Waals surface area contributed by atoms with Crippen LogP contribution in [0.5, 0.6) is 5.75 Å². The molecule has 0 saturated carbocycles. The smallest absolute Gasteiger partial charge is 0.242 e. The Morgan fingerprint density at radius 3 is 1.98 bits per heavy atom. The Morgan fingerprint density at radius 2 is 1.38 bits per heavy atom. The normalized spacial score (nSPS) is 16.5. The van der Waals surface area contributed by atoms with Gasteiger partial charge in [0, 0.05) is 68.0 Å². The molecule has 4 heterocycles. The number of piperazine rings is 2. The number of methoxy groups -OCH3 is 1. The number of amides is 2. The molecule has 2 aromatic heterocycles. The minimum atomic E-state index is 0.132. The Balaban J connectivity index is 1.22. The number of nitrogens with zero attached hydrogens (tertiary/aromatic N) is 6. The molecule has 1 atom stereocenters. The van der Waals surface area contributed by atoms with Crippen molar-refractivity contribution in [3.05, 3.63) is 64.5 Å². The maximum atomic E-state index is 13.7. The van der Waals surface area contributed by atoms with Crippen LogP contribution in [0.1, 0.15) is 74.0 Å². The number of hydrogen-bond acceptors (Lipinski definition) is 7. The summed E-state index contributed by atoms with van der Waals surface area (Å²) in [6.07, 6.45) is 1.76. The van der Waals surface area contributed by atoms with Gasteiger partial charge in [-0.2, -0.15) is 0 Å². The molecule has 2 amide bonds. The van der Waals surface area contributed by atoms with Crippen LogP contribution in [-0.2, 0) is 16.0 Å². The third-order valence-electron chi connectivity index (χ3n) is 10.2. The Kier molecular flexibility index (Phi) is 9.50. The second-order valence-electron chi connectivity index (χ2n) is 14.0. The lowest BCUT2D eigenvalue weighted by atomic mass is 9.91. The fraction of sp³-hybridized carbons (Fsp3) is 0.487. The molecular weight excluding hydrogens is 600 g/mol. The van der Waals surface area contributed by atoms with Crippen molar-refractivity contribution < 1.29 is 14.3 Å². The van der Waals surface area contributed by atoms with E-state index in [0.29, 0.717) is 38.6 Å². The summed E-state index contributed by atoms with van der Waals surface area (Å²) in [7, 11) is 3.56. The largest absolute Gasteiger partial charge is 0.497 e. The van der Waals surface area contributed by atoms with E-state index in [-0.39, 0.29) is 17.7 Å². The van der Waals surface area contributed by atoms with Gasteiger partial charge >= 0.3 is 0 Å². The van der Waals surface area contributed by atoms with E-state index in [4.69, 9.17) is 14.7 Å². The number of rotatable bonds is 9. The average molecular weight is 651 g/mol. The Morgan fingerprint density at radius 1 is 0.771 bits per heavy atom. The van der Waals surface area contributed by atoms with Crippen LogP contribution >= 0.6 is 0 Å². The molecule has 0 N–H and O–H groups in total. The van der Waals surface area contributed by atoms with Crippen molar-refractivity contribution in [3.63, 3.8) is 0 Å². The zero-order valence-electron chi connectivity index (χ0n) is 29.9. The van der Waals surface area contributed by atoms with Crippen molar-refractivity contribution in [3.8, 4) is 5.75 Å². The molecule has 4 aromatic rings. The summed E-state index contributed by atoms with van der Waals surface area (Å²) in [5.74, 6) is 1.60. The fourth-order valence-electron chi connectivity index (χ4n) is 7.28. The first-order valence-corrected chi connectivity index (χ1v) is 17.4. The predicted octanol–water partition coefficient (Wildman–Crippen LogP) is 6.22. The van der Waals surface area contributed by atoms with Crippen molar-refractivity contribution >= 4 is 45.0 Å². The molecular formula is C39H50N6O3. The van der Waals surface area contributed by atoms with Crippen molar-refractivity contribution in [1.82, 2.24) is 19.8 Å². The summed E-state index contributed by atoms with van der Waals surface area (Å²) in [6, 6.07) is 13.0. The highest BCUT2D eigenvalue weighted by molar-refractivity contribution is 5.98. The first kappa shape index (κ1) is 33.5. The summed E-state index contributed by atoms with van der Waals surface area (Å²) in [4.78, 5) is 44.4. The number of carbonyl (C=O) groups excluding carboxylic acids is 2. The van der Waals surface area contributed by atoms with Crippen LogP contribution in [0.15, 0.2) is 36.4 Å². The second kappa shape index (κ2) is 13.6. The zero-order chi connectivity index (χ0) is 34.3. The van der Waals surface area contributed by atoms with Gasteiger partial charge < -0.3 is 24.3 Å². The number of aryl methyl sites for hydroxylation is 3. The van der Waals surface area contributed by atoms with E-state index in [9.17, 15) is 9.59 Å². The number of anilines is 2. The molecule has 0 aliphatic carbocycles. The molecule has 254 valence electrons. The van der Waals surface area contributed by atoms with Crippen LogP contribution in [0.2, 0.25) is 0 Å². The number of benzene rings is 2. The number of fused-ring (bicyclic) bond motifs is 2. The molecule has 0 spiro atoms. The van der Waals surface area contributed by atoms with Gasteiger partial charge in [-0.1, -0.05) is 27.7 Å². The molecule has 0 radical (unpaired) electrons. The number of carbonyl (C=O) groups is 2. The second-order valence-corrected chi connectivity index (χ2v) is 14.0. The van der Waals surface area contributed by atoms with Crippen molar-refractivity contribution in [2.75, 3.05) is 69.8 Å². The van der Waals surface area contributed by atoms with Crippen molar-refractivity contribution in [2.24, 2.45) is 0 Å². The van der Waals surface area contributed by atoms with E-state index in [2.05, 4.69) is 67.8 Å². The number of hydrogen-bond donors (Lipinski definition) is 0. The summed E-state index contributed by atoms with van der Waals surface area (Å²) in [5.41, 5.74) is 9.58. The first-order chi connectivity index (χ1) is 23.0. The number of likely N-dealkylation sites (N-methyl/N-ethyl adjacent to an activating group) is 1. The molecule has 9 nitrogen and oxygen atoms in total. The summed E-state index contributed by atoms with van der Waals surface area (Å²) >= 11 is 0. The van der Waals surface area contributed by atoms with Gasteiger partial charge in [0.25, 0.3) is 0 Å². The highest BCUT2D eigenvalue weighted by Crippen LogP contribution is 2.37. The monoisotopic (exact) mass is 650 g/mol. The standard InChI is InChI=1S/C39H50N6O3/c1-9-28-18-32-31(17-27(6)41-38(32)34(19-28)44-13-12-42(7)36(46)22-44)25(4)10-11-43-14-15-45(23-37(43)47)35-21-29(48-8)20-33-30(24(2)3)16-26(5)40-39(33)35/h16-21,24-25H,9-15,22-23H2,1-8H3. The van der Waals surface area contributed by atoms with Gasteiger partial charge in [-0.15, -0.1) is 0 Å². The fourth-order valence-corrected chi connectivity index (χ4v) is 7.28. The van der Waals surface area contributed by atoms with Gasteiger partial charge in [0.1, 0.15) is 5.75 Å². The molecule has 9 heteroatoms. The van der Waals surface area contributed by atoms with E-state index in [0.717, 1.165) is 76.2 Å². The van der Waals surface area contributed by atoms with Crippen LogP contribution in [0.4, 0.5) is 11.4 Å². The zero-order valence-corrected chi connectivity index (χ0v) is 29.9.